The van der Waals surface area contributed by atoms with Crippen molar-refractivity contribution in [1.29, 1.82) is 0 Å². The second-order valence-electron chi connectivity index (χ2n) is 7.81. The minimum absolute atomic E-state index is 0.250. The molecule has 0 unspecified atom stereocenters. The van der Waals surface area contributed by atoms with Gasteiger partial charge in [0.1, 0.15) is 18.0 Å². The van der Waals surface area contributed by atoms with Crippen molar-refractivity contribution < 1.29 is 9.13 Å². The minimum Gasteiger partial charge on any atom is -0.384 e. The van der Waals surface area contributed by atoms with Gasteiger partial charge in [-0.2, -0.15) is 0 Å². The molecule has 30 heavy (non-hydrogen) atoms. The van der Waals surface area contributed by atoms with Crippen molar-refractivity contribution in [3.63, 3.8) is 0 Å². The Morgan fingerprint density at radius 1 is 1.23 bits per heavy atom. The Morgan fingerprint density at radius 2 is 2.10 bits per heavy atom. The van der Waals surface area contributed by atoms with E-state index in [0.717, 1.165) is 47.6 Å². The number of hydrogen-bond acceptors (Lipinski definition) is 6. The van der Waals surface area contributed by atoms with Gasteiger partial charge in [-0.25, -0.2) is 23.9 Å². The van der Waals surface area contributed by atoms with Crippen LogP contribution in [0.4, 0.5) is 10.3 Å². The Labute approximate surface area is 173 Å². The fourth-order valence-corrected chi connectivity index (χ4v) is 4.21. The smallest absolute Gasteiger partial charge is 0.241 e. The molecule has 0 atom stereocenters. The number of ether oxygens (including phenoxy) is 1. The van der Waals surface area contributed by atoms with Crippen molar-refractivity contribution >= 4 is 22.6 Å². The molecule has 1 aliphatic carbocycles. The minimum atomic E-state index is -0.454. The van der Waals surface area contributed by atoms with Crippen molar-refractivity contribution in [2.45, 2.75) is 32.4 Å². The Bertz CT molecular complexity index is 1190. The molecule has 4 aromatic rings. The van der Waals surface area contributed by atoms with Crippen molar-refractivity contribution in [2.24, 2.45) is 5.92 Å². The SMILES string of the molecule is COCC1CC(Nc2ncc3c(-c4ccc5nc(C)n(CCF)c5n4)ccn3n2)C1. The van der Waals surface area contributed by atoms with Crippen molar-refractivity contribution in [1.82, 2.24) is 29.1 Å². The predicted octanol–water partition coefficient (Wildman–Crippen LogP) is 3.26. The molecule has 1 aliphatic rings. The second kappa shape index (κ2) is 7.64. The van der Waals surface area contributed by atoms with Gasteiger partial charge in [0, 0.05) is 31.5 Å². The first-order valence-electron chi connectivity index (χ1n) is 10.2. The second-order valence-corrected chi connectivity index (χ2v) is 7.81. The molecule has 0 amide bonds. The molecule has 1 N–H and O–H groups in total. The van der Waals surface area contributed by atoms with Gasteiger partial charge in [0.05, 0.1) is 24.0 Å². The topological polar surface area (TPSA) is 82.2 Å². The molecule has 9 heteroatoms. The molecule has 0 radical (unpaired) electrons. The number of imidazole rings is 1. The summed E-state index contributed by atoms with van der Waals surface area (Å²) in [5.74, 6) is 1.99. The maximum Gasteiger partial charge on any atom is 0.241 e. The third-order valence-electron chi connectivity index (χ3n) is 5.76. The quantitative estimate of drug-likeness (QED) is 0.505. The summed E-state index contributed by atoms with van der Waals surface area (Å²) in [5.41, 5.74) is 4.04. The number of alkyl halides is 1. The lowest BCUT2D eigenvalue weighted by Crippen LogP contribution is -2.38. The number of aryl methyl sites for hydroxylation is 2. The molecule has 5 rings (SSSR count). The number of pyridine rings is 1. The van der Waals surface area contributed by atoms with Gasteiger partial charge < -0.3 is 14.6 Å². The zero-order valence-corrected chi connectivity index (χ0v) is 17.0. The van der Waals surface area contributed by atoms with Gasteiger partial charge >= 0.3 is 0 Å². The highest BCUT2D eigenvalue weighted by atomic mass is 19.1. The van der Waals surface area contributed by atoms with Crippen molar-refractivity contribution in [2.75, 3.05) is 25.7 Å². The molecule has 0 spiro atoms. The molecule has 0 aliphatic heterocycles. The molecule has 0 bridgehead atoms. The van der Waals surface area contributed by atoms with E-state index in [9.17, 15) is 4.39 Å². The highest BCUT2D eigenvalue weighted by molar-refractivity contribution is 5.82. The molecule has 0 saturated heterocycles. The van der Waals surface area contributed by atoms with E-state index in [0.29, 0.717) is 23.6 Å². The van der Waals surface area contributed by atoms with Crippen LogP contribution in [0.15, 0.2) is 30.6 Å². The van der Waals surface area contributed by atoms with E-state index in [1.807, 2.05) is 46.6 Å². The number of methoxy groups -OCH3 is 1. The molecule has 1 saturated carbocycles. The van der Waals surface area contributed by atoms with Crippen LogP contribution >= 0.6 is 0 Å². The molecule has 8 nitrogen and oxygen atoms in total. The first kappa shape index (κ1) is 18.9. The molecule has 156 valence electrons. The Morgan fingerprint density at radius 3 is 2.90 bits per heavy atom. The van der Waals surface area contributed by atoms with Crippen LogP contribution in [-0.4, -0.2) is 55.6 Å². The number of anilines is 1. The summed E-state index contributed by atoms with van der Waals surface area (Å²) in [4.78, 5) is 13.7. The molecule has 4 aromatic heterocycles. The average molecular weight is 409 g/mol. The molecular formula is C21H24FN7O. The summed E-state index contributed by atoms with van der Waals surface area (Å²) in [7, 11) is 1.74. The summed E-state index contributed by atoms with van der Waals surface area (Å²) in [5, 5.41) is 7.99. The van der Waals surface area contributed by atoms with Crippen molar-refractivity contribution in [3.05, 3.63) is 36.4 Å². The van der Waals surface area contributed by atoms with E-state index in [4.69, 9.17) is 9.72 Å². The monoisotopic (exact) mass is 409 g/mol. The number of fused-ring (bicyclic) bond motifs is 2. The van der Waals surface area contributed by atoms with Gasteiger partial charge in [-0.3, -0.25) is 0 Å². The lowest BCUT2D eigenvalue weighted by atomic mass is 9.81. The van der Waals surface area contributed by atoms with Crippen LogP contribution in [0.1, 0.15) is 18.7 Å². The fraction of sp³-hybridized carbons (Fsp3) is 0.429. The lowest BCUT2D eigenvalue weighted by molar-refractivity contribution is 0.104. The number of nitrogens with zero attached hydrogens (tertiary/aromatic N) is 6. The van der Waals surface area contributed by atoms with Gasteiger partial charge in [-0.1, -0.05) is 0 Å². The van der Waals surface area contributed by atoms with Crippen LogP contribution in [-0.2, 0) is 11.3 Å². The Hall–Kier alpha value is -3.07. The van der Waals surface area contributed by atoms with Gasteiger partial charge in [0.15, 0.2) is 5.65 Å². The van der Waals surface area contributed by atoms with E-state index in [-0.39, 0.29) is 6.54 Å². The molecular weight excluding hydrogens is 385 g/mol. The predicted molar refractivity (Wildman–Crippen MR) is 112 cm³/mol. The lowest BCUT2D eigenvalue weighted by Gasteiger charge is -2.35. The van der Waals surface area contributed by atoms with Crippen LogP contribution in [0.2, 0.25) is 0 Å². The van der Waals surface area contributed by atoms with E-state index in [2.05, 4.69) is 20.4 Å². The first-order valence-corrected chi connectivity index (χ1v) is 10.2. The summed E-state index contributed by atoms with van der Waals surface area (Å²) in [6, 6.07) is 6.22. The van der Waals surface area contributed by atoms with Gasteiger partial charge in [0.25, 0.3) is 0 Å². The number of halogens is 1. The first-order chi connectivity index (χ1) is 14.7. The maximum absolute atomic E-state index is 13.0. The molecule has 4 heterocycles. The number of nitrogens with one attached hydrogen (secondary N) is 1. The van der Waals surface area contributed by atoms with Crippen LogP contribution < -0.4 is 5.32 Å². The van der Waals surface area contributed by atoms with Crippen molar-refractivity contribution in [3.8, 4) is 11.3 Å². The summed E-state index contributed by atoms with van der Waals surface area (Å²) in [6.07, 6.45) is 5.86. The summed E-state index contributed by atoms with van der Waals surface area (Å²) < 4.78 is 21.8. The number of rotatable bonds is 7. The summed E-state index contributed by atoms with van der Waals surface area (Å²) in [6.45, 7) is 2.47. The van der Waals surface area contributed by atoms with Crippen LogP contribution in [0.5, 0.6) is 0 Å². The van der Waals surface area contributed by atoms with Gasteiger partial charge in [0.2, 0.25) is 5.95 Å². The largest absolute Gasteiger partial charge is 0.384 e. The van der Waals surface area contributed by atoms with E-state index < -0.39 is 6.67 Å². The fourth-order valence-electron chi connectivity index (χ4n) is 4.21. The van der Waals surface area contributed by atoms with E-state index in [1.54, 1.807) is 7.11 Å². The third kappa shape index (κ3) is 3.28. The average Bonchev–Trinajstić information content (AvgIpc) is 3.27. The van der Waals surface area contributed by atoms with Crippen LogP contribution in [0, 0.1) is 12.8 Å². The highest BCUT2D eigenvalue weighted by Crippen LogP contribution is 2.30. The van der Waals surface area contributed by atoms with Crippen LogP contribution in [0.25, 0.3) is 27.9 Å². The number of hydrogen-bond donors (Lipinski definition) is 1. The standard InChI is InChI=1S/C21H24FN7O/c1-13-24-18-4-3-17(26-20(18)28(13)8-6-22)16-5-7-29-19(16)11-23-21(27-29)25-15-9-14(10-15)12-30-2/h3-5,7,11,14-15H,6,8-10,12H2,1-2H3,(H,25,27). The highest BCUT2D eigenvalue weighted by Gasteiger charge is 2.29. The van der Waals surface area contributed by atoms with Gasteiger partial charge in [-0.15, -0.1) is 5.10 Å². The van der Waals surface area contributed by atoms with Gasteiger partial charge in [-0.05, 0) is 43.9 Å². The summed E-state index contributed by atoms with van der Waals surface area (Å²) >= 11 is 0. The Kier molecular flexibility index (Phi) is 4.82. The van der Waals surface area contributed by atoms with E-state index >= 15 is 0 Å². The van der Waals surface area contributed by atoms with Crippen LogP contribution in [0.3, 0.4) is 0 Å². The maximum atomic E-state index is 13.0. The number of aromatic nitrogens is 6. The zero-order valence-electron chi connectivity index (χ0n) is 17.0. The zero-order chi connectivity index (χ0) is 20.7. The Balaban J connectivity index is 1.42. The molecule has 1 fully saturated rings. The van der Waals surface area contributed by atoms with E-state index in [1.165, 1.54) is 0 Å². The normalized spacial score (nSPS) is 18.8. The third-order valence-corrected chi connectivity index (χ3v) is 5.76. The molecule has 0 aromatic carbocycles.